The first-order valence-corrected chi connectivity index (χ1v) is 11.2. The number of hydrogen-bond acceptors (Lipinski definition) is 4. The topological polar surface area (TPSA) is 51.2 Å². The van der Waals surface area contributed by atoms with E-state index in [0.29, 0.717) is 19.4 Å². The van der Waals surface area contributed by atoms with Crippen molar-refractivity contribution in [3.05, 3.63) is 89.8 Å². The van der Waals surface area contributed by atoms with Crippen molar-refractivity contribution < 1.29 is 9.53 Å². The second kappa shape index (κ2) is 10.0. The fourth-order valence-electron chi connectivity index (χ4n) is 3.12. The van der Waals surface area contributed by atoms with Crippen molar-refractivity contribution in [2.75, 3.05) is 11.9 Å². The van der Waals surface area contributed by atoms with Crippen molar-refractivity contribution in [3.8, 4) is 27.6 Å². The molecule has 0 unspecified atom stereocenters. The summed E-state index contributed by atoms with van der Waals surface area (Å²) in [5.74, 6) is 0.819. The molecular weight excluding hydrogens is 404 g/mol. The number of hydrogen-bond donors (Lipinski definition) is 1. The number of rotatable bonds is 8. The molecule has 4 aromatic rings. The van der Waals surface area contributed by atoms with Crippen LogP contribution < -0.4 is 10.1 Å². The summed E-state index contributed by atoms with van der Waals surface area (Å²) in [4.78, 5) is 16.9. The monoisotopic (exact) mass is 428 g/mol. The van der Waals surface area contributed by atoms with Gasteiger partial charge in [0, 0.05) is 28.6 Å². The quantitative estimate of drug-likeness (QED) is 0.322. The molecule has 3 aromatic carbocycles. The molecule has 1 amide bonds. The molecule has 156 valence electrons. The van der Waals surface area contributed by atoms with E-state index in [1.807, 2.05) is 73.7 Å². The van der Waals surface area contributed by atoms with Gasteiger partial charge in [-0.15, -0.1) is 11.3 Å². The Labute approximate surface area is 186 Å². The van der Waals surface area contributed by atoms with Gasteiger partial charge < -0.3 is 10.1 Å². The summed E-state index contributed by atoms with van der Waals surface area (Å²) >= 11 is 1.63. The van der Waals surface area contributed by atoms with E-state index in [1.54, 1.807) is 11.3 Å². The van der Waals surface area contributed by atoms with E-state index in [4.69, 9.17) is 9.72 Å². The molecule has 1 N–H and O–H groups in total. The Bertz CT molecular complexity index is 1120. The normalized spacial score (nSPS) is 10.6. The fraction of sp³-hybridized carbons (Fsp3) is 0.154. The maximum Gasteiger partial charge on any atom is 0.224 e. The van der Waals surface area contributed by atoms with Crippen LogP contribution in [0.15, 0.2) is 84.2 Å². The number of aryl methyl sites for hydroxylation is 1. The van der Waals surface area contributed by atoms with Crippen LogP contribution in [0, 0.1) is 6.92 Å². The van der Waals surface area contributed by atoms with Crippen LogP contribution in [-0.4, -0.2) is 17.5 Å². The molecule has 0 fully saturated rings. The third kappa shape index (κ3) is 5.80. The highest BCUT2D eigenvalue weighted by atomic mass is 32.1. The lowest BCUT2D eigenvalue weighted by atomic mass is 10.1. The van der Waals surface area contributed by atoms with E-state index in [-0.39, 0.29) is 5.91 Å². The van der Waals surface area contributed by atoms with Gasteiger partial charge in [0.05, 0.1) is 12.3 Å². The summed E-state index contributed by atoms with van der Waals surface area (Å²) in [6.45, 7) is 2.56. The van der Waals surface area contributed by atoms with Crippen LogP contribution in [0.4, 0.5) is 5.69 Å². The molecule has 0 aliphatic rings. The van der Waals surface area contributed by atoms with Gasteiger partial charge in [-0.2, -0.15) is 0 Å². The minimum atomic E-state index is -0.0136. The molecule has 1 heterocycles. The Morgan fingerprint density at radius 2 is 1.68 bits per heavy atom. The second-order valence-electron chi connectivity index (χ2n) is 7.29. The van der Waals surface area contributed by atoms with Gasteiger partial charge in [0.1, 0.15) is 10.8 Å². The highest BCUT2D eigenvalue weighted by Crippen LogP contribution is 2.29. The predicted molar refractivity (Wildman–Crippen MR) is 128 cm³/mol. The van der Waals surface area contributed by atoms with Gasteiger partial charge in [-0.3, -0.25) is 4.79 Å². The van der Waals surface area contributed by atoms with Crippen LogP contribution in [0.25, 0.3) is 21.8 Å². The molecule has 4 rings (SSSR count). The molecule has 0 aliphatic heterocycles. The number of aromatic nitrogens is 1. The van der Waals surface area contributed by atoms with Crippen LogP contribution in [-0.2, 0) is 4.79 Å². The van der Waals surface area contributed by atoms with Crippen LogP contribution in [0.5, 0.6) is 5.75 Å². The Balaban J connectivity index is 1.26. The van der Waals surface area contributed by atoms with E-state index in [9.17, 15) is 4.79 Å². The van der Waals surface area contributed by atoms with Gasteiger partial charge in [-0.1, -0.05) is 60.2 Å². The van der Waals surface area contributed by atoms with Crippen molar-refractivity contribution in [2.45, 2.75) is 19.8 Å². The Hall–Kier alpha value is -3.44. The molecule has 0 aliphatic carbocycles. The Kier molecular flexibility index (Phi) is 6.75. The molecule has 0 atom stereocenters. The molecule has 5 heteroatoms. The van der Waals surface area contributed by atoms with Gasteiger partial charge in [0.2, 0.25) is 5.91 Å². The zero-order valence-corrected chi connectivity index (χ0v) is 18.2. The lowest BCUT2D eigenvalue weighted by molar-refractivity contribution is -0.116. The van der Waals surface area contributed by atoms with E-state index in [1.165, 1.54) is 5.56 Å². The van der Waals surface area contributed by atoms with Gasteiger partial charge in [0.25, 0.3) is 0 Å². The van der Waals surface area contributed by atoms with Crippen LogP contribution in [0.2, 0.25) is 0 Å². The number of benzene rings is 3. The summed E-state index contributed by atoms with van der Waals surface area (Å²) in [5.41, 5.74) is 5.07. The first kappa shape index (κ1) is 20.8. The molecular formula is C26H24N2O2S. The molecule has 1 aromatic heterocycles. The molecule has 0 bridgehead atoms. The predicted octanol–water partition coefficient (Wildman–Crippen LogP) is 6.58. The number of nitrogens with one attached hydrogen (secondary N) is 1. The first-order valence-electron chi connectivity index (χ1n) is 10.3. The third-order valence-corrected chi connectivity index (χ3v) is 5.72. The SMILES string of the molecule is Cc1ccc(OCCCC(=O)Nc2ccc(-c3csc(-c4ccccc4)n3)cc2)cc1. The lowest BCUT2D eigenvalue weighted by Gasteiger charge is -2.08. The van der Waals surface area contributed by atoms with Gasteiger partial charge in [-0.05, 0) is 37.6 Å². The van der Waals surface area contributed by atoms with Gasteiger partial charge in [0.15, 0.2) is 0 Å². The van der Waals surface area contributed by atoms with E-state index in [2.05, 4.69) is 22.8 Å². The van der Waals surface area contributed by atoms with Crippen molar-refractivity contribution in [3.63, 3.8) is 0 Å². The minimum Gasteiger partial charge on any atom is -0.494 e. The average Bonchev–Trinajstić information content (AvgIpc) is 3.29. The number of carbonyl (C=O) groups excluding carboxylic acids is 1. The van der Waals surface area contributed by atoms with Crippen LogP contribution >= 0.6 is 11.3 Å². The number of anilines is 1. The van der Waals surface area contributed by atoms with E-state index < -0.39 is 0 Å². The molecule has 0 spiro atoms. The third-order valence-electron chi connectivity index (χ3n) is 4.83. The van der Waals surface area contributed by atoms with Crippen LogP contribution in [0.3, 0.4) is 0 Å². The summed E-state index contributed by atoms with van der Waals surface area (Å²) in [6, 6.07) is 25.9. The molecule has 0 saturated carbocycles. The fourth-order valence-corrected chi connectivity index (χ4v) is 3.96. The summed E-state index contributed by atoms with van der Waals surface area (Å²) in [6.07, 6.45) is 1.08. The summed E-state index contributed by atoms with van der Waals surface area (Å²) in [5, 5.41) is 6.01. The molecule has 4 nitrogen and oxygen atoms in total. The largest absolute Gasteiger partial charge is 0.494 e. The lowest BCUT2D eigenvalue weighted by Crippen LogP contribution is -2.12. The molecule has 0 saturated heterocycles. The first-order chi connectivity index (χ1) is 15.2. The Morgan fingerprint density at radius 1 is 0.935 bits per heavy atom. The highest BCUT2D eigenvalue weighted by molar-refractivity contribution is 7.13. The second-order valence-corrected chi connectivity index (χ2v) is 8.15. The standard InChI is InChI=1S/C26H24N2O2S/c1-19-9-15-23(16-10-19)30-17-5-8-25(29)27-22-13-11-20(12-14-22)24-18-31-26(28-24)21-6-3-2-4-7-21/h2-4,6-7,9-16,18H,5,8,17H2,1H3,(H,27,29). The van der Waals surface area contributed by atoms with E-state index >= 15 is 0 Å². The van der Waals surface area contributed by atoms with Crippen molar-refractivity contribution >= 4 is 22.9 Å². The number of amides is 1. The Morgan fingerprint density at radius 3 is 2.42 bits per heavy atom. The maximum absolute atomic E-state index is 12.2. The van der Waals surface area contributed by atoms with E-state index in [0.717, 1.165) is 33.3 Å². The summed E-state index contributed by atoms with van der Waals surface area (Å²) in [7, 11) is 0. The van der Waals surface area contributed by atoms with Crippen molar-refractivity contribution in [1.82, 2.24) is 4.98 Å². The van der Waals surface area contributed by atoms with Gasteiger partial charge >= 0.3 is 0 Å². The number of carbonyl (C=O) groups is 1. The highest BCUT2D eigenvalue weighted by Gasteiger charge is 2.08. The average molecular weight is 429 g/mol. The zero-order valence-electron chi connectivity index (χ0n) is 17.4. The smallest absolute Gasteiger partial charge is 0.224 e. The molecule has 0 radical (unpaired) electrons. The number of thiazole rings is 1. The van der Waals surface area contributed by atoms with Gasteiger partial charge in [-0.25, -0.2) is 4.98 Å². The number of ether oxygens (including phenoxy) is 1. The number of nitrogens with zero attached hydrogens (tertiary/aromatic N) is 1. The maximum atomic E-state index is 12.2. The molecule has 31 heavy (non-hydrogen) atoms. The zero-order chi connectivity index (χ0) is 21.5. The van der Waals surface area contributed by atoms with Crippen LogP contribution in [0.1, 0.15) is 18.4 Å². The van der Waals surface area contributed by atoms with Crippen molar-refractivity contribution in [2.24, 2.45) is 0 Å². The van der Waals surface area contributed by atoms with Crippen molar-refractivity contribution in [1.29, 1.82) is 0 Å². The minimum absolute atomic E-state index is 0.0136. The summed E-state index contributed by atoms with van der Waals surface area (Å²) < 4.78 is 5.67.